The highest BCUT2D eigenvalue weighted by atomic mass is 16.5. The lowest BCUT2D eigenvalue weighted by atomic mass is 9.94. The van der Waals surface area contributed by atoms with E-state index in [0.717, 1.165) is 26.2 Å². The molecule has 0 amide bonds. The van der Waals surface area contributed by atoms with Gasteiger partial charge in [-0.25, -0.2) is 0 Å². The maximum absolute atomic E-state index is 6.02. The summed E-state index contributed by atoms with van der Waals surface area (Å²) in [5, 5.41) is 3.56. The Morgan fingerprint density at radius 3 is 2.55 bits per heavy atom. The number of ether oxygens (including phenoxy) is 2. The van der Waals surface area contributed by atoms with Gasteiger partial charge in [0.1, 0.15) is 0 Å². The molecule has 3 nitrogen and oxygen atoms in total. The molecule has 20 heavy (non-hydrogen) atoms. The van der Waals surface area contributed by atoms with Crippen molar-refractivity contribution in [1.29, 1.82) is 0 Å². The molecule has 0 spiro atoms. The van der Waals surface area contributed by atoms with Crippen LogP contribution in [0.4, 0.5) is 0 Å². The molecule has 2 atom stereocenters. The van der Waals surface area contributed by atoms with E-state index in [1.54, 1.807) is 0 Å². The molecule has 0 aromatic heterocycles. The van der Waals surface area contributed by atoms with Gasteiger partial charge in [-0.3, -0.25) is 0 Å². The predicted octanol–water partition coefficient (Wildman–Crippen LogP) is 3.07. The Balaban J connectivity index is 2.10. The molecule has 2 unspecified atom stereocenters. The van der Waals surface area contributed by atoms with E-state index in [0.29, 0.717) is 6.61 Å². The zero-order valence-corrected chi connectivity index (χ0v) is 13.2. The average Bonchev–Trinajstić information content (AvgIpc) is 2.87. The summed E-state index contributed by atoms with van der Waals surface area (Å²) >= 11 is 0. The third-order valence-electron chi connectivity index (χ3n) is 3.92. The third-order valence-corrected chi connectivity index (χ3v) is 3.92. The summed E-state index contributed by atoms with van der Waals surface area (Å²) in [6, 6.07) is 4.78. The fourth-order valence-corrected chi connectivity index (χ4v) is 3.11. The average molecular weight is 277 g/mol. The van der Waals surface area contributed by atoms with Crippen molar-refractivity contribution in [2.45, 2.75) is 46.3 Å². The van der Waals surface area contributed by atoms with E-state index in [9.17, 15) is 0 Å². The van der Waals surface area contributed by atoms with Crippen LogP contribution in [0.5, 0.6) is 0 Å². The van der Waals surface area contributed by atoms with Gasteiger partial charge in [0.15, 0.2) is 0 Å². The molecule has 1 fully saturated rings. The molecule has 0 bridgehead atoms. The molecule has 0 radical (unpaired) electrons. The monoisotopic (exact) mass is 277 g/mol. The Morgan fingerprint density at radius 2 is 2.00 bits per heavy atom. The van der Waals surface area contributed by atoms with Crippen LogP contribution in [0.25, 0.3) is 0 Å². The minimum Gasteiger partial charge on any atom is -0.379 e. The largest absolute Gasteiger partial charge is 0.379 e. The van der Waals surface area contributed by atoms with E-state index in [1.165, 1.54) is 22.3 Å². The van der Waals surface area contributed by atoms with E-state index >= 15 is 0 Å². The normalized spacial score (nSPS) is 20.3. The summed E-state index contributed by atoms with van der Waals surface area (Å²) in [6.07, 6.45) is 1.28. The minimum atomic E-state index is 0.265. The lowest BCUT2D eigenvalue weighted by Gasteiger charge is -2.24. The lowest BCUT2D eigenvalue weighted by molar-refractivity contribution is 0.0298. The smallest absolute Gasteiger partial charge is 0.0831 e. The van der Waals surface area contributed by atoms with Crippen molar-refractivity contribution in [3.05, 3.63) is 34.4 Å². The number of hydrogen-bond donors (Lipinski definition) is 1. The summed E-state index contributed by atoms with van der Waals surface area (Å²) < 4.78 is 11.4. The van der Waals surface area contributed by atoms with Crippen LogP contribution in [0.3, 0.4) is 0 Å². The molecule has 3 heteroatoms. The molecule has 1 saturated heterocycles. The second-order valence-corrected chi connectivity index (χ2v) is 5.74. The van der Waals surface area contributed by atoms with Crippen molar-refractivity contribution >= 4 is 0 Å². The van der Waals surface area contributed by atoms with Gasteiger partial charge in [-0.15, -0.1) is 0 Å². The van der Waals surface area contributed by atoms with E-state index in [2.05, 4.69) is 45.1 Å². The molecule has 112 valence electrons. The Morgan fingerprint density at radius 1 is 1.30 bits per heavy atom. The van der Waals surface area contributed by atoms with Gasteiger partial charge in [0.2, 0.25) is 0 Å². The Bertz CT molecular complexity index is 416. The minimum absolute atomic E-state index is 0.265. The summed E-state index contributed by atoms with van der Waals surface area (Å²) in [7, 11) is 0. The first-order valence-electron chi connectivity index (χ1n) is 7.62. The number of likely N-dealkylation sites (N-methyl/N-ethyl adjacent to an activating group) is 1. The van der Waals surface area contributed by atoms with Crippen LogP contribution in [-0.4, -0.2) is 32.5 Å². The van der Waals surface area contributed by atoms with Gasteiger partial charge in [-0.05, 0) is 50.4 Å². The lowest BCUT2D eigenvalue weighted by Crippen LogP contribution is -2.29. The summed E-state index contributed by atoms with van der Waals surface area (Å²) in [5.41, 5.74) is 5.40. The van der Waals surface area contributed by atoms with Gasteiger partial charge in [-0.2, -0.15) is 0 Å². The molecule has 0 saturated carbocycles. The molecule has 1 aromatic carbocycles. The van der Waals surface area contributed by atoms with Crippen LogP contribution >= 0.6 is 0 Å². The molecule has 2 rings (SSSR count). The molecule has 1 heterocycles. The number of nitrogens with one attached hydrogen (secondary N) is 1. The first-order valence-corrected chi connectivity index (χ1v) is 7.62. The highest BCUT2D eigenvalue weighted by molar-refractivity contribution is 5.39. The fourth-order valence-electron chi connectivity index (χ4n) is 3.11. The van der Waals surface area contributed by atoms with Crippen molar-refractivity contribution < 1.29 is 9.47 Å². The highest BCUT2D eigenvalue weighted by Gasteiger charge is 2.21. The summed E-state index contributed by atoms with van der Waals surface area (Å²) in [4.78, 5) is 0. The molecule has 1 aliphatic heterocycles. The van der Waals surface area contributed by atoms with Gasteiger partial charge in [0, 0.05) is 6.61 Å². The maximum Gasteiger partial charge on any atom is 0.0831 e. The summed E-state index contributed by atoms with van der Waals surface area (Å²) in [5.74, 6) is 0. The molecule has 1 aliphatic rings. The van der Waals surface area contributed by atoms with Crippen molar-refractivity contribution in [3.8, 4) is 0 Å². The van der Waals surface area contributed by atoms with E-state index in [1.807, 2.05) is 0 Å². The standard InChI is InChI=1S/C17H27NO2/c1-5-18-16(11-20-15-6-7-19-10-15)17-13(3)8-12(2)9-14(17)4/h8-9,15-16,18H,5-7,10-11H2,1-4H3. The van der Waals surface area contributed by atoms with Crippen molar-refractivity contribution in [1.82, 2.24) is 5.32 Å². The van der Waals surface area contributed by atoms with E-state index in [-0.39, 0.29) is 12.1 Å². The first-order chi connectivity index (χ1) is 9.61. The molecule has 1 N–H and O–H groups in total. The predicted molar refractivity (Wildman–Crippen MR) is 82.2 cm³/mol. The van der Waals surface area contributed by atoms with Crippen molar-refractivity contribution in [2.24, 2.45) is 0 Å². The zero-order valence-electron chi connectivity index (χ0n) is 13.2. The highest BCUT2D eigenvalue weighted by Crippen LogP contribution is 2.25. The Hall–Kier alpha value is -0.900. The second-order valence-electron chi connectivity index (χ2n) is 5.74. The van der Waals surface area contributed by atoms with Crippen LogP contribution in [-0.2, 0) is 9.47 Å². The molecule has 1 aromatic rings. The number of hydrogen-bond acceptors (Lipinski definition) is 3. The third kappa shape index (κ3) is 3.81. The van der Waals surface area contributed by atoms with E-state index in [4.69, 9.17) is 9.47 Å². The molecule has 0 aliphatic carbocycles. The van der Waals surface area contributed by atoms with Gasteiger partial charge < -0.3 is 14.8 Å². The number of benzene rings is 1. The Kier molecular flexibility index (Phi) is 5.58. The topological polar surface area (TPSA) is 30.5 Å². The zero-order chi connectivity index (χ0) is 14.5. The van der Waals surface area contributed by atoms with Gasteiger partial charge in [-0.1, -0.05) is 24.6 Å². The van der Waals surface area contributed by atoms with Crippen LogP contribution < -0.4 is 5.32 Å². The molecular weight excluding hydrogens is 250 g/mol. The second kappa shape index (κ2) is 7.21. The van der Waals surface area contributed by atoms with Gasteiger partial charge in [0.25, 0.3) is 0 Å². The van der Waals surface area contributed by atoms with Crippen LogP contribution in [0.1, 0.15) is 41.6 Å². The van der Waals surface area contributed by atoms with Gasteiger partial charge in [0.05, 0.1) is 25.4 Å². The number of aryl methyl sites for hydroxylation is 3. The van der Waals surface area contributed by atoms with Crippen LogP contribution in [0.2, 0.25) is 0 Å². The van der Waals surface area contributed by atoms with Crippen LogP contribution in [0, 0.1) is 20.8 Å². The fraction of sp³-hybridized carbons (Fsp3) is 0.647. The van der Waals surface area contributed by atoms with Crippen molar-refractivity contribution in [2.75, 3.05) is 26.4 Å². The van der Waals surface area contributed by atoms with E-state index < -0.39 is 0 Å². The maximum atomic E-state index is 6.02. The quantitative estimate of drug-likeness (QED) is 0.867. The Labute approximate surface area is 122 Å². The summed E-state index contributed by atoms with van der Waals surface area (Å²) in [6.45, 7) is 11.9. The van der Waals surface area contributed by atoms with Gasteiger partial charge >= 0.3 is 0 Å². The SMILES string of the molecule is CCNC(COC1CCOC1)c1c(C)cc(C)cc1C. The van der Waals surface area contributed by atoms with Crippen LogP contribution in [0.15, 0.2) is 12.1 Å². The van der Waals surface area contributed by atoms with Crippen molar-refractivity contribution in [3.63, 3.8) is 0 Å². The molecular formula is C17H27NO2. The number of rotatable bonds is 6. The first kappa shape index (κ1) is 15.5.